The predicted molar refractivity (Wildman–Crippen MR) is 270 cm³/mol. The van der Waals surface area contributed by atoms with Crippen molar-refractivity contribution in [3.63, 3.8) is 0 Å². The molecule has 498 valence electrons. The number of amides is 3. The fourth-order valence-corrected chi connectivity index (χ4v) is 10.7. The molecule has 0 saturated carbocycles. The van der Waals surface area contributed by atoms with Gasteiger partial charge in [-0.1, -0.05) is 0 Å². The maximum Gasteiger partial charge on any atom is 0.364 e. The Bertz CT molecular complexity index is 2150. The van der Waals surface area contributed by atoms with E-state index in [1.54, 1.807) is 0 Å². The first-order chi connectivity index (χ1) is 40.8. The molecular formula is C47H79N3O35S. The molecule has 6 heterocycles. The van der Waals surface area contributed by atoms with E-state index in [1.807, 2.05) is 0 Å². The van der Waals surface area contributed by atoms with Crippen molar-refractivity contribution in [2.75, 3.05) is 58.7 Å². The van der Waals surface area contributed by atoms with Gasteiger partial charge in [-0.3, -0.25) is 14.4 Å². The Morgan fingerprint density at radius 2 is 1.12 bits per heavy atom. The maximum atomic E-state index is 13.1. The summed E-state index contributed by atoms with van der Waals surface area (Å²) < 4.78 is 69.0. The van der Waals surface area contributed by atoms with Crippen LogP contribution < -0.4 is 16.0 Å². The number of carboxylic acid groups (broad SMARTS) is 1. The number of rotatable bonds is 27. The molecule has 22 N–H and O–H groups in total. The van der Waals surface area contributed by atoms with Crippen molar-refractivity contribution in [1.82, 2.24) is 16.0 Å². The molecule has 0 aromatic heterocycles. The third-order valence-electron chi connectivity index (χ3n) is 15.1. The number of carbonyl (C=O) groups excluding carboxylic acids is 3. The van der Waals surface area contributed by atoms with Crippen LogP contribution in [0.2, 0.25) is 0 Å². The van der Waals surface area contributed by atoms with Gasteiger partial charge in [-0.2, -0.15) is 12.6 Å². The van der Waals surface area contributed by atoms with Gasteiger partial charge in [-0.25, -0.2) is 4.79 Å². The molecule has 0 aliphatic carbocycles. The molecule has 0 spiro atoms. The Balaban J connectivity index is 1.21. The van der Waals surface area contributed by atoms with E-state index < -0.39 is 273 Å². The van der Waals surface area contributed by atoms with E-state index in [4.69, 9.17) is 56.8 Å². The van der Waals surface area contributed by atoms with Crippen LogP contribution in [0.15, 0.2) is 0 Å². The standard InChI is InChI=1S/C47H79N3O35S/c1-14(58)49-27-38(82-45-36(71)41(32(67)21(10-55)79-45)85-47(46(72)73)5-15(59)26(50-24(62)12-57)39(84-47)28(63)16(60)6-51)30(65)19(8-53)77-42(27)76-17-4-25(75-18(7-52)29(17)64)81-37-22(11-56)80-44(34(69)33(37)68)83-40-31(66)20(9-54)78-43(35(40)70)74-13-48-23(61)2-3-86/h15-22,25-45,51-57,59-60,63-71,86H,2-13H2,1H3,(H,48,61)(H,49,58)(H,50,62)(H,72,73)/t15?,16?,17?,18?,19?,20?,21?,22?,25-,26-,27?,28-,29-,30+,31+,32+,33?,34?,35?,36?,37+,38?,39?,40?,41?,42-,43-,44+,45+,47?/m1/s1. The second-order valence-electron chi connectivity index (χ2n) is 20.9. The van der Waals surface area contributed by atoms with Crippen LogP contribution >= 0.6 is 12.6 Å². The molecule has 6 fully saturated rings. The summed E-state index contributed by atoms with van der Waals surface area (Å²) in [5.74, 6) is -7.77. The van der Waals surface area contributed by atoms with Crippen LogP contribution in [-0.4, -0.2) is 363 Å². The minimum absolute atomic E-state index is 0.0121. The van der Waals surface area contributed by atoms with Gasteiger partial charge >= 0.3 is 5.97 Å². The molecule has 18 unspecified atom stereocenters. The summed E-state index contributed by atoms with van der Waals surface area (Å²) in [7, 11) is 0. The van der Waals surface area contributed by atoms with Crippen LogP contribution in [-0.2, 0) is 76.0 Å². The van der Waals surface area contributed by atoms with Gasteiger partial charge in [0, 0.05) is 26.2 Å². The summed E-state index contributed by atoms with van der Waals surface area (Å²) in [6.07, 6.45) is -54.9. The van der Waals surface area contributed by atoms with Crippen LogP contribution in [0.1, 0.15) is 26.2 Å². The number of aliphatic hydroxyl groups is 18. The Morgan fingerprint density at radius 3 is 1.69 bits per heavy atom. The Kier molecular flexibility index (Phi) is 27.1. The van der Waals surface area contributed by atoms with E-state index >= 15 is 0 Å². The Morgan fingerprint density at radius 1 is 0.581 bits per heavy atom. The van der Waals surface area contributed by atoms with Crippen molar-refractivity contribution >= 4 is 36.3 Å². The fourth-order valence-electron chi connectivity index (χ4n) is 10.5. The van der Waals surface area contributed by atoms with Crippen molar-refractivity contribution in [2.24, 2.45) is 0 Å². The molecule has 6 rings (SSSR count). The lowest BCUT2D eigenvalue weighted by molar-refractivity contribution is -0.385. The zero-order valence-electron chi connectivity index (χ0n) is 45.7. The lowest BCUT2D eigenvalue weighted by Gasteiger charge is -2.51. The van der Waals surface area contributed by atoms with Crippen LogP contribution in [0.4, 0.5) is 0 Å². The molecule has 6 aliphatic heterocycles. The highest BCUT2D eigenvalue weighted by molar-refractivity contribution is 7.80. The number of nitrogens with one attached hydrogen (secondary N) is 3. The third kappa shape index (κ3) is 16.6. The van der Waals surface area contributed by atoms with Crippen molar-refractivity contribution in [3.8, 4) is 0 Å². The van der Waals surface area contributed by atoms with E-state index in [-0.39, 0.29) is 12.2 Å². The SMILES string of the molecule is CC(=O)NC1C(O[C@@H]2OC(CO)[C@H](O)C(OC3(C(=O)O)CC(O)[C@@H](NC(=O)CO)C([C@H](O)C(O)CO)O3)C2O)[C@@H](O)C(CO)O[C@H]1OC1C[C@@H](O[C@H]2C(CO)O[C@@H](OC3C(O)[C@H](OCNC(=O)CCS)OC(CO)[C@@H]3O)C(O)C2O)OC(CO)[C@@H]1O. The van der Waals surface area contributed by atoms with Crippen molar-refractivity contribution in [1.29, 1.82) is 0 Å². The van der Waals surface area contributed by atoms with E-state index in [0.29, 0.717) is 0 Å². The Labute approximate surface area is 492 Å². The van der Waals surface area contributed by atoms with Gasteiger partial charge in [-0.15, -0.1) is 0 Å². The summed E-state index contributed by atoms with van der Waals surface area (Å²) >= 11 is 3.96. The first kappa shape index (κ1) is 72.1. The molecule has 3 amide bonds. The van der Waals surface area contributed by atoms with Crippen molar-refractivity contribution in [3.05, 3.63) is 0 Å². The van der Waals surface area contributed by atoms with Gasteiger partial charge < -0.3 is 170 Å². The van der Waals surface area contributed by atoms with Gasteiger partial charge in [0.2, 0.25) is 17.7 Å². The second kappa shape index (κ2) is 32.4. The quantitative estimate of drug-likeness (QED) is 0.0268. The largest absolute Gasteiger partial charge is 0.477 e. The van der Waals surface area contributed by atoms with E-state index in [1.165, 1.54) is 0 Å². The zero-order valence-corrected chi connectivity index (χ0v) is 46.6. The molecule has 86 heavy (non-hydrogen) atoms. The van der Waals surface area contributed by atoms with Crippen LogP contribution in [0.3, 0.4) is 0 Å². The fraction of sp³-hybridized carbons (Fsp3) is 0.915. The van der Waals surface area contributed by atoms with Gasteiger partial charge in [-0.05, 0) is 5.75 Å². The van der Waals surface area contributed by atoms with Crippen LogP contribution in [0, 0.1) is 0 Å². The molecule has 0 aromatic carbocycles. The maximum absolute atomic E-state index is 13.1. The topological polar surface area (TPSA) is 600 Å². The minimum Gasteiger partial charge on any atom is -0.477 e. The van der Waals surface area contributed by atoms with Gasteiger partial charge in [0.05, 0.1) is 57.9 Å². The summed E-state index contributed by atoms with van der Waals surface area (Å²) in [4.78, 5) is 50.1. The summed E-state index contributed by atoms with van der Waals surface area (Å²) in [5, 5.41) is 212. The zero-order chi connectivity index (χ0) is 63.6. The molecule has 6 aliphatic rings. The van der Waals surface area contributed by atoms with E-state index in [2.05, 4.69) is 28.6 Å². The number of hydrogen-bond donors (Lipinski definition) is 23. The van der Waals surface area contributed by atoms with Crippen molar-refractivity contribution in [2.45, 2.75) is 210 Å². The smallest absolute Gasteiger partial charge is 0.364 e. The highest BCUT2D eigenvalue weighted by Gasteiger charge is 2.61. The number of carbonyl (C=O) groups is 4. The lowest BCUT2D eigenvalue weighted by atomic mass is 9.88. The molecule has 0 aromatic rings. The first-order valence-electron chi connectivity index (χ1n) is 27.1. The van der Waals surface area contributed by atoms with E-state index in [0.717, 1.165) is 6.92 Å². The highest BCUT2D eigenvalue weighted by atomic mass is 32.1. The van der Waals surface area contributed by atoms with E-state index in [9.17, 15) is 116 Å². The predicted octanol–water partition coefficient (Wildman–Crippen LogP) is -14.2. The number of thiol groups is 1. The third-order valence-corrected chi connectivity index (χ3v) is 15.3. The average Bonchev–Trinajstić information content (AvgIpc) is 1.25. The molecule has 6 saturated heterocycles. The van der Waals surface area contributed by atoms with Gasteiger partial charge in [0.15, 0.2) is 31.5 Å². The molecule has 0 radical (unpaired) electrons. The summed E-state index contributed by atoms with van der Waals surface area (Å²) in [6.45, 7) is -6.98. The summed E-state index contributed by atoms with van der Waals surface area (Å²) in [6, 6.07) is -3.66. The number of carboxylic acids is 1. The first-order valence-corrected chi connectivity index (χ1v) is 27.7. The second-order valence-corrected chi connectivity index (χ2v) is 21.4. The number of ether oxygens (including phenoxy) is 12. The van der Waals surface area contributed by atoms with Gasteiger partial charge in [0.25, 0.3) is 5.79 Å². The summed E-state index contributed by atoms with van der Waals surface area (Å²) in [5.41, 5.74) is 0. The molecule has 0 bridgehead atoms. The number of aliphatic hydroxyl groups excluding tert-OH is 18. The molecule has 38 nitrogen and oxygen atoms in total. The average molecular weight is 1280 g/mol. The van der Waals surface area contributed by atoms with Gasteiger partial charge in [0.1, 0.15) is 141 Å². The monoisotopic (exact) mass is 1280 g/mol. The molecule has 30 atom stereocenters. The lowest BCUT2D eigenvalue weighted by Crippen LogP contribution is -2.71. The minimum atomic E-state index is -3.27. The normalized spacial score (nSPS) is 43.8. The van der Waals surface area contributed by atoms with Crippen LogP contribution in [0.25, 0.3) is 0 Å². The molecular weight excluding hydrogens is 1200 g/mol. The van der Waals surface area contributed by atoms with Crippen LogP contribution in [0.5, 0.6) is 0 Å². The molecule has 39 heteroatoms. The van der Waals surface area contributed by atoms with Crippen molar-refractivity contribution < 1.29 is 173 Å². The highest BCUT2D eigenvalue weighted by Crippen LogP contribution is 2.40. The number of aliphatic carboxylic acids is 1. The number of hydrogen-bond acceptors (Lipinski definition) is 35. The Hall–Kier alpha value is -2.97.